The third kappa shape index (κ3) is 4.41. The number of anilines is 1. The molecule has 2 aromatic rings. The largest absolute Gasteiger partial charge is 0.491 e. The van der Waals surface area contributed by atoms with Crippen molar-refractivity contribution in [1.29, 1.82) is 0 Å². The molecular formula is C19H17F4NO4. The number of methoxy groups -OCH3 is 1. The van der Waals surface area contributed by atoms with Gasteiger partial charge in [0.05, 0.1) is 19.3 Å². The number of ether oxygens (including phenoxy) is 2. The van der Waals surface area contributed by atoms with Crippen molar-refractivity contribution in [2.45, 2.75) is 19.8 Å². The number of unbranched alkanes of at least 4 members (excludes halogenated alkanes) is 1. The van der Waals surface area contributed by atoms with E-state index in [0.717, 1.165) is 13.5 Å². The maximum Gasteiger partial charge on any atom is 0.338 e. The van der Waals surface area contributed by atoms with E-state index >= 15 is 0 Å². The molecule has 28 heavy (non-hydrogen) atoms. The Bertz CT molecular complexity index is 855. The SMILES string of the molecule is CCCCOC(=O)c1ccc(NC(=O)c2c(F)c(F)c(OC)c(F)c2F)cc1. The van der Waals surface area contributed by atoms with Gasteiger partial charge in [-0.25, -0.2) is 13.6 Å². The van der Waals surface area contributed by atoms with Gasteiger partial charge in [-0.3, -0.25) is 4.79 Å². The molecule has 2 aromatic carbocycles. The molecule has 0 radical (unpaired) electrons. The maximum absolute atomic E-state index is 14.0. The summed E-state index contributed by atoms with van der Waals surface area (Å²) in [5.74, 6) is -10.7. The van der Waals surface area contributed by atoms with Crippen molar-refractivity contribution in [1.82, 2.24) is 0 Å². The summed E-state index contributed by atoms with van der Waals surface area (Å²) in [6.07, 6.45) is 1.57. The molecule has 1 N–H and O–H groups in total. The van der Waals surface area contributed by atoms with Gasteiger partial charge in [0, 0.05) is 5.69 Å². The first-order valence-electron chi connectivity index (χ1n) is 8.30. The quantitative estimate of drug-likeness (QED) is 0.323. The van der Waals surface area contributed by atoms with E-state index < -0.39 is 46.5 Å². The molecule has 0 aliphatic carbocycles. The fourth-order valence-corrected chi connectivity index (χ4v) is 2.27. The van der Waals surface area contributed by atoms with Crippen LogP contribution in [0.25, 0.3) is 0 Å². The van der Waals surface area contributed by atoms with Crippen LogP contribution in [0, 0.1) is 23.3 Å². The van der Waals surface area contributed by atoms with E-state index in [1.54, 1.807) is 0 Å². The fraction of sp³-hybridized carbons (Fsp3) is 0.263. The third-order valence-corrected chi connectivity index (χ3v) is 3.76. The normalized spacial score (nSPS) is 10.5. The van der Waals surface area contributed by atoms with Crippen molar-refractivity contribution in [2.24, 2.45) is 0 Å². The van der Waals surface area contributed by atoms with Gasteiger partial charge in [-0.15, -0.1) is 0 Å². The number of amides is 1. The summed E-state index contributed by atoms with van der Waals surface area (Å²) >= 11 is 0. The second kappa shape index (κ2) is 9.20. The summed E-state index contributed by atoms with van der Waals surface area (Å²) in [5, 5.41) is 2.11. The Labute approximate surface area is 158 Å². The van der Waals surface area contributed by atoms with Crippen molar-refractivity contribution in [3.05, 3.63) is 58.7 Å². The van der Waals surface area contributed by atoms with Gasteiger partial charge in [-0.05, 0) is 30.7 Å². The maximum atomic E-state index is 14.0. The Morgan fingerprint density at radius 2 is 1.54 bits per heavy atom. The summed E-state index contributed by atoms with van der Waals surface area (Å²) in [6.45, 7) is 2.21. The number of halogens is 4. The van der Waals surface area contributed by atoms with Crippen molar-refractivity contribution in [3.63, 3.8) is 0 Å². The van der Waals surface area contributed by atoms with Crippen LogP contribution in [0.4, 0.5) is 23.2 Å². The van der Waals surface area contributed by atoms with Gasteiger partial charge in [-0.1, -0.05) is 13.3 Å². The Kier molecular flexibility index (Phi) is 6.97. The second-order valence-electron chi connectivity index (χ2n) is 5.69. The molecule has 2 rings (SSSR count). The lowest BCUT2D eigenvalue weighted by atomic mass is 10.1. The summed E-state index contributed by atoms with van der Waals surface area (Å²) in [7, 11) is 0.828. The lowest BCUT2D eigenvalue weighted by Crippen LogP contribution is -2.19. The van der Waals surface area contributed by atoms with Crippen molar-refractivity contribution in [2.75, 3.05) is 19.0 Å². The molecule has 0 spiro atoms. The van der Waals surface area contributed by atoms with Gasteiger partial charge in [0.2, 0.25) is 11.6 Å². The van der Waals surface area contributed by atoms with E-state index in [1.807, 2.05) is 6.92 Å². The minimum Gasteiger partial charge on any atom is -0.491 e. The predicted octanol–water partition coefficient (Wildman–Crippen LogP) is 4.46. The molecule has 0 fully saturated rings. The lowest BCUT2D eigenvalue weighted by Gasteiger charge is -2.11. The van der Waals surface area contributed by atoms with Crippen LogP contribution in [0.2, 0.25) is 0 Å². The minimum atomic E-state index is -1.88. The Balaban J connectivity index is 2.19. The average Bonchev–Trinajstić information content (AvgIpc) is 2.68. The molecule has 0 saturated carbocycles. The fourth-order valence-electron chi connectivity index (χ4n) is 2.27. The van der Waals surface area contributed by atoms with Gasteiger partial charge in [0.25, 0.3) is 5.91 Å². The monoisotopic (exact) mass is 399 g/mol. The lowest BCUT2D eigenvalue weighted by molar-refractivity contribution is 0.0499. The highest BCUT2D eigenvalue weighted by atomic mass is 19.2. The zero-order chi connectivity index (χ0) is 20.8. The van der Waals surface area contributed by atoms with Crippen LogP contribution in [0.1, 0.15) is 40.5 Å². The van der Waals surface area contributed by atoms with Gasteiger partial charge >= 0.3 is 5.97 Å². The molecule has 0 saturated heterocycles. The first-order valence-corrected chi connectivity index (χ1v) is 8.30. The number of nitrogens with one attached hydrogen (secondary N) is 1. The summed E-state index contributed by atoms with van der Waals surface area (Å²) in [4.78, 5) is 23.9. The smallest absolute Gasteiger partial charge is 0.338 e. The van der Waals surface area contributed by atoms with Crippen LogP contribution in [0.5, 0.6) is 5.75 Å². The van der Waals surface area contributed by atoms with E-state index in [9.17, 15) is 27.2 Å². The Morgan fingerprint density at radius 3 is 2.04 bits per heavy atom. The molecule has 0 bridgehead atoms. The Morgan fingerprint density at radius 1 is 0.964 bits per heavy atom. The highest BCUT2D eigenvalue weighted by Crippen LogP contribution is 2.30. The van der Waals surface area contributed by atoms with Crippen LogP contribution >= 0.6 is 0 Å². The van der Waals surface area contributed by atoms with Crippen LogP contribution in [0.3, 0.4) is 0 Å². The van der Waals surface area contributed by atoms with Gasteiger partial charge in [0.15, 0.2) is 17.4 Å². The molecule has 0 heterocycles. The summed E-state index contributed by atoms with van der Waals surface area (Å²) < 4.78 is 64.7. The predicted molar refractivity (Wildman–Crippen MR) is 92.4 cm³/mol. The minimum absolute atomic E-state index is 0.0468. The van der Waals surface area contributed by atoms with Crippen LogP contribution < -0.4 is 10.1 Å². The number of hydrogen-bond donors (Lipinski definition) is 1. The standard InChI is InChI=1S/C19H17F4NO4/c1-3-4-9-28-19(26)10-5-7-11(8-6-10)24-18(25)12-13(20)15(22)17(27-2)16(23)14(12)21/h5-8H,3-4,9H2,1-2H3,(H,24,25). The van der Waals surface area contributed by atoms with Gasteiger partial charge in [-0.2, -0.15) is 8.78 Å². The number of carbonyl (C=O) groups is 2. The number of esters is 1. The van der Waals surface area contributed by atoms with Gasteiger partial charge in [0.1, 0.15) is 5.56 Å². The average molecular weight is 399 g/mol. The first kappa shape index (κ1) is 21.2. The Hall–Kier alpha value is -3.10. The topological polar surface area (TPSA) is 64.6 Å². The number of hydrogen-bond acceptors (Lipinski definition) is 4. The zero-order valence-electron chi connectivity index (χ0n) is 15.1. The molecule has 0 atom stereocenters. The molecular weight excluding hydrogens is 382 g/mol. The van der Waals surface area contributed by atoms with E-state index in [4.69, 9.17) is 4.74 Å². The van der Waals surface area contributed by atoms with Crippen molar-refractivity contribution in [3.8, 4) is 5.75 Å². The van der Waals surface area contributed by atoms with Crippen molar-refractivity contribution < 1.29 is 36.6 Å². The van der Waals surface area contributed by atoms with E-state index in [2.05, 4.69) is 10.1 Å². The highest BCUT2D eigenvalue weighted by Gasteiger charge is 2.30. The molecule has 150 valence electrons. The number of rotatable bonds is 7. The third-order valence-electron chi connectivity index (χ3n) is 3.76. The van der Waals surface area contributed by atoms with Crippen molar-refractivity contribution >= 4 is 17.6 Å². The first-order chi connectivity index (χ1) is 13.3. The number of carbonyl (C=O) groups excluding carboxylic acids is 2. The molecule has 0 aliphatic heterocycles. The van der Waals surface area contributed by atoms with Gasteiger partial charge < -0.3 is 14.8 Å². The van der Waals surface area contributed by atoms with E-state index in [-0.39, 0.29) is 17.9 Å². The molecule has 9 heteroatoms. The van der Waals surface area contributed by atoms with Crippen LogP contribution in [0.15, 0.2) is 24.3 Å². The summed E-state index contributed by atoms with van der Waals surface area (Å²) in [6, 6.07) is 5.21. The molecule has 0 aromatic heterocycles. The zero-order valence-corrected chi connectivity index (χ0v) is 15.1. The second-order valence-corrected chi connectivity index (χ2v) is 5.69. The van der Waals surface area contributed by atoms with E-state index in [0.29, 0.717) is 6.42 Å². The molecule has 0 aliphatic rings. The molecule has 1 amide bonds. The molecule has 0 unspecified atom stereocenters. The highest BCUT2D eigenvalue weighted by molar-refractivity contribution is 6.05. The van der Waals surface area contributed by atoms with Crippen LogP contribution in [-0.2, 0) is 4.74 Å². The van der Waals surface area contributed by atoms with E-state index in [1.165, 1.54) is 24.3 Å². The summed E-state index contributed by atoms with van der Waals surface area (Å²) in [5.41, 5.74) is -1.18. The molecule has 5 nitrogen and oxygen atoms in total. The number of benzene rings is 2. The van der Waals surface area contributed by atoms with Crippen LogP contribution in [-0.4, -0.2) is 25.6 Å².